The van der Waals surface area contributed by atoms with Gasteiger partial charge in [0.25, 0.3) is 0 Å². The van der Waals surface area contributed by atoms with Crippen molar-refractivity contribution in [1.82, 2.24) is 10.4 Å². The van der Waals surface area contributed by atoms with Gasteiger partial charge in [-0.05, 0) is 6.92 Å². The molecular formula is C7H9N3S. The topological polar surface area (TPSA) is 37.3 Å². The minimum Gasteiger partial charge on any atom is -0.300 e. The monoisotopic (exact) mass is 167 g/mol. The summed E-state index contributed by atoms with van der Waals surface area (Å²) < 4.78 is 0. The zero-order valence-corrected chi connectivity index (χ0v) is 7.06. The molecule has 1 aromatic heterocycles. The summed E-state index contributed by atoms with van der Waals surface area (Å²) >= 11 is 1.69. The summed E-state index contributed by atoms with van der Waals surface area (Å²) in [5.74, 6) is 0. The maximum atomic E-state index is 4.37. The number of rotatable bonds is 1. The molecule has 1 unspecified atom stereocenters. The fraction of sp³-hybridized carbons (Fsp3) is 0.429. The lowest BCUT2D eigenvalue weighted by Crippen LogP contribution is -2.08. The zero-order valence-electron chi connectivity index (χ0n) is 6.24. The van der Waals surface area contributed by atoms with E-state index in [1.165, 1.54) is 0 Å². The summed E-state index contributed by atoms with van der Waals surface area (Å²) in [7, 11) is 0. The molecule has 1 aromatic rings. The molecule has 0 spiro atoms. The van der Waals surface area contributed by atoms with E-state index in [2.05, 4.69) is 20.9 Å². The van der Waals surface area contributed by atoms with Gasteiger partial charge >= 0.3 is 0 Å². The molecular weight excluding hydrogens is 158 g/mol. The van der Waals surface area contributed by atoms with Crippen LogP contribution < -0.4 is 5.43 Å². The van der Waals surface area contributed by atoms with Crippen LogP contribution in [0, 0.1) is 6.92 Å². The van der Waals surface area contributed by atoms with E-state index in [0.717, 1.165) is 17.1 Å². The standard InChI is InChI=1S/C7H9N3S/c1-5-4-11-7(9-5)6-2-3-8-10-6/h3-4,6,10H,2H2,1H3. The number of hydrogen-bond acceptors (Lipinski definition) is 4. The summed E-state index contributed by atoms with van der Waals surface area (Å²) in [6, 6.07) is 0.327. The van der Waals surface area contributed by atoms with Crippen LogP contribution >= 0.6 is 11.3 Å². The Balaban J connectivity index is 2.17. The Hall–Kier alpha value is -0.900. The van der Waals surface area contributed by atoms with E-state index in [0.29, 0.717) is 6.04 Å². The molecule has 2 heterocycles. The number of nitrogens with zero attached hydrogens (tertiary/aromatic N) is 2. The zero-order chi connectivity index (χ0) is 7.68. The van der Waals surface area contributed by atoms with Crippen LogP contribution in [0.4, 0.5) is 0 Å². The molecule has 0 aliphatic carbocycles. The summed E-state index contributed by atoms with van der Waals surface area (Å²) in [5.41, 5.74) is 4.10. The molecule has 1 N–H and O–H groups in total. The fourth-order valence-electron chi connectivity index (χ4n) is 1.04. The minimum absolute atomic E-state index is 0.327. The van der Waals surface area contributed by atoms with Crippen molar-refractivity contribution in [3.05, 3.63) is 16.1 Å². The maximum Gasteiger partial charge on any atom is 0.117 e. The number of hydrogen-bond donors (Lipinski definition) is 1. The highest BCUT2D eigenvalue weighted by Crippen LogP contribution is 2.22. The van der Waals surface area contributed by atoms with Crippen LogP contribution in [-0.2, 0) is 0 Å². The van der Waals surface area contributed by atoms with Crippen LogP contribution in [0.3, 0.4) is 0 Å². The highest BCUT2D eigenvalue weighted by atomic mass is 32.1. The van der Waals surface area contributed by atoms with E-state index in [1.54, 1.807) is 11.3 Å². The van der Waals surface area contributed by atoms with Crippen molar-refractivity contribution in [1.29, 1.82) is 0 Å². The van der Waals surface area contributed by atoms with E-state index in [9.17, 15) is 0 Å². The van der Waals surface area contributed by atoms with Crippen LogP contribution in [0.15, 0.2) is 10.5 Å². The van der Waals surface area contributed by atoms with Crippen molar-refractivity contribution in [2.45, 2.75) is 19.4 Å². The Morgan fingerprint density at radius 2 is 2.64 bits per heavy atom. The molecule has 1 atom stereocenters. The van der Waals surface area contributed by atoms with Crippen molar-refractivity contribution in [3.63, 3.8) is 0 Å². The van der Waals surface area contributed by atoms with Gasteiger partial charge in [0.2, 0.25) is 0 Å². The molecule has 4 heteroatoms. The number of aryl methyl sites for hydroxylation is 1. The molecule has 1 aliphatic rings. The highest BCUT2D eigenvalue weighted by Gasteiger charge is 2.15. The fourth-order valence-corrected chi connectivity index (χ4v) is 1.90. The van der Waals surface area contributed by atoms with Gasteiger partial charge in [-0.3, -0.25) is 0 Å². The van der Waals surface area contributed by atoms with E-state index >= 15 is 0 Å². The Bertz CT molecular complexity index is 271. The molecule has 1 aliphatic heterocycles. The lowest BCUT2D eigenvalue weighted by atomic mass is 10.2. The van der Waals surface area contributed by atoms with E-state index in [1.807, 2.05) is 13.1 Å². The van der Waals surface area contributed by atoms with Crippen molar-refractivity contribution >= 4 is 17.6 Å². The molecule has 0 saturated carbocycles. The Kier molecular flexibility index (Phi) is 1.62. The van der Waals surface area contributed by atoms with Gasteiger partial charge in [-0.15, -0.1) is 11.3 Å². The van der Waals surface area contributed by atoms with E-state index in [4.69, 9.17) is 0 Å². The third kappa shape index (κ3) is 1.26. The summed E-state index contributed by atoms with van der Waals surface area (Å²) in [6.45, 7) is 2.01. The second kappa shape index (κ2) is 2.62. The molecule has 11 heavy (non-hydrogen) atoms. The first-order valence-corrected chi connectivity index (χ1v) is 4.43. The molecule has 0 amide bonds. The highest BCUT2D eigenvalue weighted by molar-refractivity contribution is 7.09. The average Bonchev–Trinajstić information content (AvgIpc) is 2.55. The number of hydrazone groups is 1. The van der Waals surface area contributed by atoms with Crippen molar-refractivity contribution in [2.24, 2.45) is 5.10 Å². The smallest absolute Gasteiger partial charge is 0.117 e. The van der Waals surface area contributed by atoms with Gasteiger partial charge in [0.15, 0.2) is 0 Å². The van der Waals surface area contributed by atoms with Gasteiger partial charge in [0.1, 0.15) is 11.0 Å². The third-order valence-electron chi connectivity index (χ3n) is 1.60. The lowest BCUT2D eigenvalue weighted by Gasteiger charge is -2.03. The van der Waals surface area contributed by atoms with Crippen molar-refractivity contribution in [3.8, 4) is 0 Å². The second-order valence-corrected chi connectivity index (χ2v) is 3.45. The van der Waals surface area contributed by atoms with Gasteiger partial charge in [-0.1, -0.05) is 0 Å². The maximum absolute atomic E-state index is 4.37. The van der Waals surface area contributed by atoms with Gasteiger partial charge in [-0.2, -0.15) is 5.10 Å². The first-order valence-electron chi connectivity index (χ1n) is 3.55. The number of thiazole rings is 1. The predicted molar refractivity (Wildman–Crippen MR) is 45.8 cm³/mol. The average molecular weight is 167 g/mol. The first kappa shape index (κ1) is 6.79. The lowest BCUT2D eigenvalue weighted by molar-refractivity contribution is 0.615. The first-order chi connectivity index (χ1) is 5.36. The van der Waals surface area contributed by atoms with Crippen LogP contribution in [0.5, 0.6) is 0 Å². The molecule has 58 valence electrons. The van der Waals surface area contributed by atoms with Gasteiger partial charge in [0.05, 0.1) is 0 Å². The van der Waals surface area contributed by atoms with Crippen LogP contribution in [-0.4, -0.2) is 11.2 Å². The minimum atomic E-state index is 0.327. The summed E-state index contributed by atoms with van der Waals surface area (Å²) in [6.07, 6.45) is 2.86. The largest absolute Gasteiger partial charge is 0.300 e. The summed E-state index contributed by atoms with van der Waals surface area (Å²) in [5, 5.41) is 7.15. The predicted octanol–water partition coefficient (Wildman–Crippen LogP) is 1.47. The van der Waals surface area contributed by atoms with Gasteiger partial charge in [-0.25, -0.2) is 4.98 Å². The normalized spacial score (nSPS) is 22.1. The molecule has 2 rings (SSSR count). The Labute approximate surface area is 69.2 Å². The molecule has 0 fully saturated rings. The number of nitrogens with one attached hydrogen (secondary N) is 1. The van der Waals surface area contributed by atoms with Crippen LogP contribution in [0.25, 0.3) is 0 Å². The molecule has 3 nitrogen and oxygen atoms in total. The van der Waals surface area contributed by atoms with Crippen LogP contribution in [0.1, 0.15) is 23.2 Å². The Morgan fingerprint density at radius 3 is 3.18 bits per heavy atom. The van der Waals surface area contributed by atoms with E-state index in [-0.39, 0.29) is 0 Å². The van der Waals surface area contributed by atoms with Gasteiger partial charge < -0.3 is 5.43 Å². The van der Waals surface area contributed by atoms with E-state index < -0.39 is 0 Å². The third-order valence-corrected chi connectivity index (χ3v) is 2.67. The van der Waals surface area contributed by atoms with Crippen LogP contribution in [0.2, 0.25) is 0 Å². The summed E-state index contributed by atoms with van der Waals surface area (Å²) in [4.78, 5) is 4.37. The second-order valence-electron chi connectivity index (χ2n) is 2.56. The Morgan fingerprint density at radius 1 is 1.73 bits per heavy atom. The molecule has 0 radical (unpaired) electrons. The molecule has 0 aromatic carbocycles. The molecule has 0 bridgehead atoms. The van der Waals surface area contributed by atoms with Crippen molar-refractivity contribution < 1.29 is 0 Å². The quantitative estimate of drug-likeness (QED) is 0.687. The van der Waals surface area contributed by atoms with Crippen molar-refractivity contribution in [2.75, 3.05) is 0 Å². The molecule has 0 saturated heterocycles. The SMILES string of the molecule is Cc1csc(C2CC=NN2)n1. The number of aromatic nitrogens is 1. The van der Waals surface area contributed by atoms with Gasteiger partial charge in [0, 0.05) is 23.7 Å².